The lowest BCUT2D eigenvalue weighted by atomic mass is 10.1. The van der Waals surface area contributed by atoms with Crippen molar-refractivity contribution in [2.45, 2.75) is 20.3 Å². The molecule has 132 valence electrons. The van der Waals surface area contributed by atoms with E-state index in [-0.39, 0.29) is 11.8 Å². The SMILES string of the molecule is COCCCNC(=O)c1cncc(C(=O)Nc2cc(C)cc(C)c2)c1. The van der Waals surface area contributed by atoms with Crippen molar-refractivity contribution in [1.82, 2.24) is 10.3 Å². The molecule has 2 aromatic rings. The number of aryl methyl sites for hydroxylation is 2. The molecule has 0 fully saturated rings. The van der Waals surface area contributed by atoms with Crippen molar-refractivity contribution in [3.8, 4) is 0 Å². The fraction of sp³-hybridized carbons (Fsp3) is 0.316. The Labute approximate surface area is 147 Å². The van der Waals surface area contributed by atoms with Crippen LogP contribution in [0.3, 0.4) is 0 Å². The zero-order chi connectivity index (χ0) is 18.2. The second-order valence-electron chi connectivity index (χ2n) is 5.90. The van der Waals surface area contributed by atoms with Gasteiger partial charge in [0, 0.05) is 38.3 Å². The monoisotopic (exact) mass is 341 g/mol. The molecule has 0 saturated heterocycles. The highest BCUT2D eigenvalue weighted by molar-refractivity contribution is 6.05. The maximum Gasteiger partial charge on any atom is 0.257 e. The first-order valence-electron chi connectivity index (χ1n) is 8.11. The largest absolute Gasteiger partial charge is 0.385 e. The summed E-state index contributed by atoms with van der Waals surface area (Å²) in [5.41, 5.74) is 3.54. The van der Waals surface area contributed by atoms with E-state index in [4.69, 9.17) is 4.74 Å². The van der Waals surface area contributed by atoms with Crippen LogP contribution in [0, 0.1) is 13.8 Å². The number of methoxy groups -OCH3 is 1. The van der Waals surface area contributed by atoms with Crippen LogP contribution in [0.15, 0.2) is 36.7 Å². The van der Waals surface area contributed by atoms with E-state index in [2.05, 4.69) is 15.6 Å². The normalized spacial score (nSPS) is 10.4. The lowest BCUT2D eigenvalue weighted by Crippen LogP contribution is -2.25. The number of aromatic nitrogens is 1. The molecule has 2 rings (SSSR count). The molecular weight excluding hydrogens is 318 g/mol. The molecule has 1 heterocycles. The molecule has 0 aliphatic carbocycles. The van der Waals surface area contributed by atoms with Gasteiger partial charge in [0.05, 0.1) is 11.1 Å². The molecular formula is C19H23N3O3. The molecule has 1 aromatic heterocycles. The first-order valence-corrected chi connectivity index (χ1v) is 8.11. The van der Waals surface area contributed by atoms with Crippen molar-refractivity contribution in [1.29, 1.82) is 0 Å². The van der Waals surface area contributed by atoms with E-state index in [1.807, 2.05) is 32.0 Å². The zero-order valence-corrected chi connectivity index (χ0v) is 14.8. The molecule has 0 unspecified atom stereocenters. The summed E-state index contributed by atoms with van der Waals surface area (Å²) < 4.78 is 4.94. The zero-order valence-electron chi connectivity index (χ0n) is 14.8. The molecule has 0 bridgehead atoms. The van der Waals surface area contributed by atoms with Gasteiger partial charge >= 0.3 is 0 Å². The molecule has 0 spiro atoms. The minimum absolute atomic E-state index is 0.260. The number of ether oxygens (including phenoxy) is 1. The fourth-order valence-corrected chi connectivity index (χ4v) is 2.46. The number of pyridine rings is 1. The highest BCUT2D eigenvalue weighted by Gasteiger charge is 2.12. The molecule has 0 atom stereocenters. The van der Waals surface area contributed by atoms with Gasteiger partial charge in [0.25, 0.3) is 11.8 Å². The Morgan fingerprint density at radius 3 is 2.28 bits per heavy atom. The number of carbonyl (C=O) groups excluding carboxylic acids is 2. The van der Waals surface area contributed by atoms with Crippen LogP contribution >= 0.6 is 0 Å². The standard InChI is InChI=1S/C19H23N3O3/c1-13-7-14(2)9-17(8-13)22-19(24)16-10-15(11-20-12-16)18(23)21-5-4-6-25-3/h7-12H,4-6H2,1-3H3,(H,21,23)(H,22,24). The second-order valence-corrected chi connectivity index (χ2v) is 5.90. The van der Waals surface area contributed by atoms with Gasteiger partial charge in [-0.15, -0.1) is 0 Å². The number of nitrogens with one attached hydrogen (secondary N) is 2. The number of rotatable bonds is 7. The topological polar surface area (TPSA) is 80.3 Å². The lowest BCUT2D eigenvalue weighted by molar-refractivity contribution is 0.0948. The maximum atomic E-state index is 12.4. The summed E-state index contributed by atoms with van der Waals surface area (Å²) in [5.74, 6) is -0.559. The Morgan fingerprint density at radius 2 is 1.64 bits per heavy atom. The third-order valence-corrected chi connectivity index (χ3v) is 3.55. The molecule has 0 radical (unpaired) electrons. The molecule has 0 saturated carbocycles. The van der Waals surface area contributed by atoms with E-state index in [0.29, 0.717) is 24.3 Å². The number of benzene rings is 1. The Morgan fingerprint density at radius 1 is 1.00 bits per heavy atom. The number of amides is 2. The third kappa shape index (κ3) is 5.69. The van der Waals surface area contributed by atoms with Crippen molar-refractivity contribution in [3.63, 3.8) is 0 Å². The minimum atomic E-state index is -0.300. The average Bonchev–Trinajstić information content (AvgIpc) is 2.57. The van der Waals surface area contributed by atoms with Crippen LogP contribution in [0.1, 0.15) is 38.3 Å². The van der Waals surface area contributed by atoms with E-state index in [9.17, 15) is 9.59 Å². The minimum Gasteiger partial charge on any atom is -0.385 e. The van der Waals surface area contributed by atoms with Crippen molar-refractivity contribution in [2.75, 3.05) is 25.6 Å². The molecule has 0 aliphatic heterocycles. The van der Waals surface area contributed by atoms with Crippen LogP contribution < -0.4 is 10.6 Å². The summed E-state index contributed by atoms with van der Waals surface area (Å²) >= 11 is 0. The van der Waals surface area contributed by atoms with Gasteiger partial charge in [0.1, 0.15) is 0 Å². The van der Waals surface area contributed by atoms with E-state index in [1.54, 1.807) is 7.11 Å². The molecule has 6 nitrogen and oxygen atoms in total. The highest BCUT2D eigenvalue weighted by atomic mass is 16.5. The van der Waals surface area contributed by atoms with Gasteiger partial charge in [-0.3, -0.25) is 14.6 Å². The Hall–Kier alpha value is -2.73. The second kappa shape index (κ2) is 8.94. The summed E-state index contributed by atoms with van der Waals surface area (Å²) in [6.07, 6.45) is 3.61. The third-order valence-electron chi connectivity index (χ3n) is 3.55. The summed E-state index contributed by atoms with van der Waals surface area (Å²) in [4.78, 5) is 28.5. The number of nitrogens with zero attached hydrogens (tertiary/aromatic N) is 1. The van der Waals surface area contributed by atoms with E-state index < -0.39 is 0 Å². The Bertz CT molecular complexity index is 739. The van der Waals surface area contributed by atoms with Gasteiger partial charge in [-0.05, 0) is 49.6 Å². The van der Waals surface area contributed by atoms with E-state index >= 15 is 0 Å². The predicted molar refractivity (Wildman–Crippen MR) is 96.9 cm³/mol. The molecule has 2 amide bonds. The van der Waals surface area contributed by atoms with Gasteiger partial charge < -0.3 is 15.4 Å². The Kier molecular flexibility index (Phi) is 6.65. The number of carbonyl (C=O) groups is 2. The molecule has 0 aliphatic rings. The summed E-state index contributed by atoms with van der Waals surface area (Å²) in [5, 5.41) is 5.61. The van der Waals surface area contributed by atoms with Crippen LogP contribution in [0.5, 0.6) is 0 Å². The number of hydrogen-bond acceptors (Lipinski definition) is 4. The summed E-state index contributed by atoms with van der Waals surface area (Å²) in [6.45, 7) is 5.03. The van der Waals surface area contributed by atoms with Crippen LogP contribution in [-0.2, 0) is 4.74 Å². The van der Waals surface area contributed by atoms with Crippen molar-refractivity contribution in [3.05, 3.63) is 58.9 Å². The van der Waals surface area contributed by atoms with Crippen LogP contribution in [-0.4, -0.2) is 37.1 Å². The maximum absolute atomic E-state index is 12.4. The molecule has 1 aromatic carbocycles. The van der Waals surface area contributed by atoms with Crippen LogP contribution in [0.25, 0.3) is 0 Å². The van der Waals surface area contributed by atoms with Crippen molar-refractivity contribution < 1.29 is 14.3 Å². The number of anilines is 1. The molecule has 25 heavy (non-hydrogen) atoms. The van der Waals surface area contributed by atoms with E-state index in [0.717, 1.165) is 23.2 Å². The van der Waals surface area contributed by atoms with Gasteiger partial charge in [-0.2, -0.15) is 0 Å². The van der Waals surface area contributed by atoms with Gasteiger partial charge in [-0.1, -0.05) is 6.07 Å². The lowest BCUT2D eigenvalue weighted by Gasteiger charge is -2.09. The smallest absolute Gasteiger partial charge is 0.257 e. The van der Waals surface area contributed by atoms with Crippen molar-refractivity contribution in [2.24, 2.45) is 0 Å². The number of hydrogen-bond donors (Lipinski definition) is 2. The van der Waals surface area contributed by atoms with Crippen LogP contribution in [0.4, 0.5) is 5.69 Å². The quantitative estimate of drug-likeness (QED) is 0.759. The van der Waals surface area contributed by atoms with Crippen LogP contribution in [0.2, 0.25) is 0 Å². The Balaban J connectivity index is 2.04. The van der Waals surface area contributed by atoms with Gasteiger partial charge in [0.15, 0.2) is 0 Å². The molecule has 6 heteroatoms. The van der Waals surface area contributed by atoms with Gasteiger partial charge in [-0.25, -0.2) is 0 Å². The average molecular weight is 341 g/mol. The fourth-order valence-electron chi connectivity index (χ4n) is 2.46. The van der Waals surface area contributed by atoms with Gasteiger partial charge in [0.2, 0.25) is 0 Å². The van der Waals surface area contributed by atoms with E-state index in [1.165, 1.54) is 18.5 Å². The predicted octanol–water partition coefficient (Wildman–Crippen LogP) is 2.72. The summed E-state index contributed by atoms with van der Waals surface area (Å²) in [6, 6.07) is 7.36. The first-order chi connectivity index (χ1) is 12.0. The molecule has 2 N–H and O–H groups in total. The highest BCUT2D eigenvalue weighted by Crippen LogP contribution is 2.15. The first kappa shape index (κ1) is 18.6. The summed E-state index contributed by atoms with van der Waals surface area (Å²) in [7, 11) is 1.61. The van der Waals surface area contributed by atoms with Crippen molar-refractivity contribution >= 4 is 17.5 Å².